The summed E-state index contributed by atoms with van der Waals surface area (Å²) in [6.07, 6.45) is 3.12. The molecule has 0 radical (unpaired) electrons. The number of hydrogen-bond donors (Lipinski definition) is 0. The molecule has 14 heavy (non-hydrogen) atoms. The Labute approximate surface area is 85.1 Å². The van der Waals surface area contributed by atoms with Crippen molar-refractivity contribution in [3.05, 3.63) is 11.1 Å². The maximum absolute atomic E-state index is 11.8. The number of amides is 1. The summed E-state index contributed by atoms with van der Waals surface area (Å²) < 4.78 is 3.63. The average Bonchev–Trinajstić information content (AvgIpc) is 2.87. The van der Waals surface area contributed by atoms with Gasteiger partial charge < -0.3 is 4.90 Å². The summed E-state index contributed by atoms with van der Waals surface area (Å²) in [5.74, 6) is -0.121. The zero-order valence-corrected chi connectivity index (χ0v) is 8.20. The molecule has 72 valence electrons. The van der Waals surface area contributed by atoms with Crippen LogP contribution in [0.25, 0.3) is 0 Å². The molecule has 1 aliphatic heterocycles. The van der Waals surface area contributed by atoms with Gasteiger partial charge in [-0.25, -0.2) is 0 Å². The minimum atomic E-state index is -0.274. The number of rotatable bonds is 1. The van der Waals surface area contributed by atoms with E-state index in [2.05, 4.69) is 15.7 Å². The van der Waals surface area contributed by atoms with Gasteiger partial charge in [0.1, 0.15) is 10.9 Å². The molecule has 0 saturated carbocycles. The maximum Gasteiger partial charge on any atom is 0.268 e. The number of carbonyl (C=O) groups is 1. The summed E-state index contributed by atoms with van der Waals surface area (Å²) in [7, 11) is 0. The van der Waals surface area contributed by atoms with Gasteiger partial charge in [0.2, 0.25) is 0 Å². The standard InChI is InChI=1S/C8H8N4OS/c9-4-6-2-1-3-12(6)8(13)7-5-10-11-14-7/h5-6H,1-3H2. The second kappa shape index (κ2) is 3.72. The molecule has 1 saturated heterocycles. The highest BCUT2D eigenvalue weighted by atomic mass is 32.1. The Hall–Kier alpha value is -1.48. The highest BCUT2D eigenvalue weighted by Gasteiger charge is 2.30. The van der Waals surface area contributed by atoms with Crippen LogP contribution in [0.2, 0.25) is 0 Å². The van der Waals surface area contributed by atoms with E-state index in [1.165, 1.54) is 6.20 Å². The largest absolute Gasteiger partial charge is 0.322 e. The third-order valence-corrected chi connectivity index (χ3v) is 2.89. The fraction of sp³-hybridized carbons (Fsp3) is 0.500. The molecule has 2 rings (SSSR count). The van der Waals surface area contributed by atoms with Crippen molar-refractivity contribution in [2.45, 2.75) is 18.9 Å². The van der Waals surface area contributed by atoms with Crippen molar-refractivity contribution in [2.24, 2.45) is 0 Å². The van der Waals surface area contributed by atoms with Crippen molar-refractivity contribution in [1.82, 2.24) is 14.5 Å². The van der Waals surface area contributed by atoms with Gasteiger partial charge in [-0.2, -0.15) is 5.26 Å². The summed E-state index contributed by atoms with van der Waals surface area (Å²) in [6, 6.07) is 1.85. The number of nitriles is 1. The van der Waals surface area contributed by atoms with Crippen LogP contribution in [-0.4, -0.2) is 33.0 Å². The molecule has 1 amide bonds. The Balaban J connectivity index is 2.16. The fourth-order valence-electron chi connectivity index (χ4n) is 1.55. The molecule has 2 heterocycles. The van der Waals surface area contributed by atoms with Crippen molar-refractivity contribution < 1.29 is 4.79 Å². The van der Waals surface area contributed by atoms with E-state index in [1.54, 1.807) is 4.90 Å². The highest BCUT2D eigenvalue weighted by molar-refractivity contribution is 7.07. The first kappa shape index (κ1) is 9.09. The summed E-state index contributed by atoms with van der Waals surface area (Å²) in [5.41, 5.74) is 0. The topological polar surface area (TPSA) is 69.9 Å². The van der Waals surface area contributed by atoms with E-state index in [9.17, 15) is 4.79 Å². The SMILES string of the molecule is N#CC1CCCN1C(=O)c1cnns1. The van der Waals surface area contributed by atoms with Crippen LogP contribution < -0.4 is 0 Å². The van der Waals surface area contributed by atoms with E-state index in [4.69, 9.17) is 5.26 Å². The van der Waals surface area contributed by atoms with Gasteiger partial charge in [-0.3, -0.25) is 4.79 Å². The maximum atomic E-state index is 11.8. The molecule has 0 spiro atoms. The zero-order chi connectivity index (χ0) is 9.97. The summed E-state index contributed by atoms with van der Waals surface area (Å²) in [6.45, 7) is 0.662. The van der Waals surface area contributed by atoms with Gasteiger partial charge in [-0.15, -0.1) is 5.10 Å². The first-order valence-corrected chi connectivity index (χ1v) is 5.08. The van der Waals surface area contributed by atoms with Gasteiger partial charge in [-0.05, 0) is 24.4 Å². The van der Waals surface area contributed by atoms with E-state index in [0.717, 1.165) is 24.4 Å². The van der Waals surface area contributed by atoms with Crippen LogP contribution in [0, 0.1) is 11.3 Å². The van der Waals surface area contributed by atoms with Crippen LogP contribution >= 0.6 is 11.5 Å². The molecule has 1 aromatic heterocycles. The van der Waals surface area contributed by atoms with E-state index in [0.29, 0.717) is 11.4 Å². The molecule has 0 bridgehead atoms. The predicted molar refractivity (Wildman–Crippen MR) is 49.6 cm³/mol. The molecule has 1 fully saturated rings. The van der Waals surface area contributed by atoms with Crippen LogP contribution in [0.4, 0.5) is 0 Å². The quantitative estimate of drug-likeness (QED) is 0.680. The molecule has 1 aromatic rings. The molecular weight excluding hydrogens is 200 g/mol. The van der Waals surface area contributed by atoms with Crippen molar-refractivity contribution >= 4 is 17.4 Å². The lowest BCUT2D eigenvalue weighted by Crippen LogP contribution is -2.34. The van der Waals surface area contributed by atoms with Gasteiger partial charge in [0.25, 0.3) is 5.91 Å². The minimum absolute atomic E-state index is 0.121. The fourth-order valence-corrected chi connectivity index (χ4v) is 2.02. The lowest BCUT2D eigenvalue weighted by atomic mass is 10.2. The third-order valence-electron chi connectivity index (χ3n) is 2.23. The van der Waals surface area contributed by atoms with E-state index in [-0.39, 0.29) is 11.9 Å². The zero-order valence-electron chi connectivity index (χ0n) is 7.38. The lowest BCUT2D eigenvalue weighted by Gasteiger charge is -2.17. The first-order chi connectivity index (χ1) is 6.83. The predicted octanol–water partition coefficient (Wildman–Crippen LogP) is 0.666. The van der Waals surface area contributed by atoms with Crippen LogP contribution in [0.5, 0.6) is 0 Å². The van der Waals surface area contributed by atoms with Crippen molar-refractivity contribution in [1.29, 1.82) is 5.26 Å². The summed E-state index contributed by atoms with van der Waals surface area (Å²) in [5, 5.41) is 12.4. The molecule has 0 aromatic carbocycles. The van der Waals surface area contributed by atoms with E-state index < -0.39 is 0 Å². The van der Waals surface area contributed by atoms with Gasteiger partial charge >= 0.3 is 0 Å². The number of likely N-dealkylation sites (tertiary alicyclic amines) is 1. The highest BCUT2D eigenvalue weighted by Crippen LogP contribution is 2.19. The summed E-state index contributed by atoms with van der Waals surface area (Å²) in [4.78, 5) is 13.9. The number of nitrogens with zero attached hydrogens (tertiary/aromatic N) is 4. The number of hydrogen-bond acceptors (Lipinski definition) is 5. The Morgan fingerprint density at radius 1 is 1.79 bits per heavy atom. The van der Waals surface area contributed by atoms with Gasteiger partial charge in [-0.1, -0.05) is 4.49 Å². The third kappa shape index (κ3) is 1.46. The van der Waals surface area contributed by atoms with E-state index in [1.807, 2.05) is 0 Å². The molecule has 1 atom stereocenters. The first-order valence-electron chi connectivity index (χ1n) is 4.31. The normalized spacial score (nSPS) is 20.8. The molecule has 6 heteroatoms. The minimum Gasteiger partial charge on any atom is -0.322 e. The van der Waals surface area contributed by atoms with Crippen LogP contribution in [0.15, 0.2) is 6.20 Å². The molecule has 1 unspecified atom stereocenters. The molecule has 0 aliphatic carbocycles. The molecular formula is C8H8N4OS. The smallest absolute Gasteiger partial charge is 0.268 e. The second-order valence-corrected chi connectivity index (χ2v) is 3.85. The van der Waals surface area contributed by atoms with Gasteiger partial charge in [0, 0.05) is 6.54 Å². The van der Waals surface area contributed by atoms with Gasteiger partial charge in [0.05, 0.1) is 12.3 Å². The van der Waals surface area contributed by atoms with Crippen molar-refractivity contribution in [3.63, 3.8) is 0 Å². The summed E-state index contributed by atoms with van der Waals surface area (Å²) >= 11 is 1.07. The van der Waals surface area contributed by atoms with Crippen LogP contribution in [-0.2, 0) is 0 Å². The molecule has 5 nitrogen and oxygen atoms in total. The van der Waals surface area contributed by atoms with Crippen LogP contribution in [0.1, 0.15) is 22.5 Å². The molecule has 1 aliphatic rings. The monoisotopic (exact) mass is 208 g/mol. The van der Waals surface area contributed by atoms with Gasteiger partial charge in [0.15, 0.2) is 0 Å². The Bertz CT molecular complexity index is 369. The number of carbonyl (C=O) groups excluding carboxylic acids is 1. The Morgan fingerprint density at radius 2 is 2.64 bits per heavy atom. The number of aromatic nitrogens is 2. The Morgan fingerprint density at radius 3 is 3.29 bits per heavy atom. The second-order valence-electron chi connectivity index (χ2n) is 3.07. The lowest BCUT2D eigenvalue weighted by molar-refractivity contribution is 0.0769. The average molecular weight is 208 g/mol. The Kier molecular flexibility index (Phi) is 2.41. The van der Waals surface area contributed by atoms with Crippen molar-refractivity contribution in [2.75, 3.05) is 6.54 Å². The molecule has 0 N–H and O–H groups in total. The van der Waals surface area contributed by atoms with E-state index >= 15 is 0 Å². The van der Waals surface area contributed by atoms with Crippen LogP contribution in [0.3, 0.4) is 0 Å². The van der Waals surface area contributed by atoms with Crippen molar-refractivity contribution in [3.8, 4) is 6.07 Å².